The topological polar surface area (TPSA) is 92.8 Å². The van der Waals surface area contributed by atoms with Gasteiger partial charge >= 0.3 is 5.97 Å². The van der Waals surface area contributed by atoms with Gasteiger partial charge in [0.05, 0.1) is 17.0 Å². The second kappa shape index (κ2) is 10.1. The Morgan fingerprint density at radius 2 is 1.56 bits per heavy atom. The second-order valence-electron chi connectivity index (χ2n) is 10.9. The average molecular weight is 589 g/mol. The summed E-state index contributed by atoms with van der Waals surface area (Å²) in [6.07, 6.45) is 3.87. The molecule has 3 aliphatic heterocycles. The molecule has 7 rings (SSSR count). The molecule has 8 heteroatoms. The molecule has 1 amide bonds. The maximum Gasteiger partial charge on any atom is 0.308 e. The molecular weight excluding hydrogens is 564 g/mol. The van der Waals surface area contributed by atoms with E-state index in [1.54, 1.807) is 48.5 Å². The highest BCUT2D eigenvalue weighted by Gasteiger charge is 2.70. The number of esters is 1. The number of hydrogen-bond acceptors (Lipinski definition) is 6. The van der Waals surface area contributed by atoms with Crippen LogP contribution < -0.4 is 15.0 Å². The second-order valence-corrected chi connectivity index (χ2v) is 11.3. The van der Waals surface area contributed by atoms with E-state index < -0.39 is 35.2 Å². The first kappa shape index (κ1) is 26.9. The molecule has 4 aromatic carbocycles. The minimum atomic E-state index is -1.44. The SMILES string of the molecule is CC(=O)Oc1ccc(C(=O)[C@H]2[C@@H](C(=O)c3ccccc3Cl)[C@]3(C(=O)Nc4ccccc43)[C@H]3C=Cc4ccccc4N23)cc1. The van der Waals surface area contributed by atoms with E-state index in [1.165, 1.54) is 6.92 Å². The quantitative estimate of drug-likeness (QED) is 0.171. The summed E-state index contributed by atoms with van der Waals surface area (Å²) in [5, 5.41) is 3.26. The lowest BCUT2D eigenvalue weighted by Crippen LogP contribution is -2.51. The molecule has 0 aromatic heterocycles. The Balaban J connectivity index is 1.49. The van der Waals surface area contributed by atoms with Crippen LogP contribution in [0, 0.1) is 5.92 Å². The molecule has 212 valence electrons. The van der Waals surface area contributed by atoms with Gasteiger partial charge in [-0.15, -0.1) is 0 Å². The zero-order valence-electron chi connectivity index (χ0n) is 23.0. The van der Waals surface area contributed by atoms with E-state index in [0.29, 0.717) is 22.6 Å². The molecule has 1 saturated heterocycles. The summed E-state index contributed by atoms with van der Waals surface area (Å²) in [6.45, 7) is 1.30. The Labute approximate surface area is 252 Å². The average Bonchev–Trinajstić information content (AvgIpc) is 3.49. The summed E-state index contributed by atoms with van der Waals surface area (Å²) in [6, 6.07) is 26.2. The first-order valence-electron chi connectivity index (χ1n) is 13.9. The van der Waals surface area contributed by atoms with Crippen molar-refractivity contribution in [3.05, 3.63) is 130 Å². The molecule has 1 fully saturated rings. The summed E-state index contributed by atoms with van der Waals surface area (Å²) in [7, 11) is 0. The predicted molar refractivity (Wildman–Crippen MR) is 164 cm³/mol. The number of benzene rings is 4. The van der Waals surface area contributed by atoms with Gasteiger partial charge in [0, 0.05) is 29.4 Å². The van der Waals surface area contributed by atoms with Crippen LogP contribution in [0.2, 0.25) is 5.02 Å². The molecule has 43 heavy (non-hydrogen) atoms. The highest BCUT2D eigenvalue weighted by molar-refractivity contribution is 6.34. The lowest BCUT2D eigenvalue weighted by atomic mass is 9.64. The molecule has 4 atom stereocenters. The number of amides is 1. The molecule has 0 aliphatic carbocycles. The van der Waals surface area contributed by atoms with E-state index in [4.69, 9.17) is 16.3 Å². The molecule has 0 saturated carbocycles. The van der Waals surface area contributed by atoms with Gasteiger partial charge in [-0.25, -0.2) is 0 Å². The number of Topliss-reactive ketones (excluding diaryl/α,β-unsaturated/α-hetero) is 2. The Kier molecular flexibility index (Phi) is 6.29. The van der Waals surface area contributed by atoms with E-state index in [9.17, 15) is 19.2 Å². The van der Waals surface area contributed by atoms with Gasteiger partial charge in [0.15, 0.2) is 11.6 Å². The number of para-hydroxylation sites is 2. The number of ether oxygens (including phenoxy) is 1. The molecule has 0 bridgehead atoms. The normalized spacial score (nSPS) is 22.9. The number of ketones is 2. The van der Waals surface area contributed by atoms with Gasteiger partial charge in [0.1, 0.15) is 17.2 Å². The van der Waals surface area contributed by atoms with E-state index in [-0.39, 0.29) is 22.3 Å². The van der Waals surface area contributed by atoms with Crippen molar-refractivity contribution in [2.45, 2.75) is 24.4 Å². The minimum Gasteiger partial charge on any atom is -0.427 e. The number of rotatable bonds is 5. The van der Waals surface area contributed by atoms with Crippen LogP contribution in [0.25, 0.3) is 6.08 Å². The summed E-state index contributed by atoms with van der Waals surface area (Å²) in [4.78, 5) is 57.4. The number of nitrogens with zero attached hydrogens (tertiary/aromatic N) is 1. The van der Waals surface area contributed by atoms with Gasteiger partial charge < -0.3 is 15.0 Å². The Bertz CT molecular complexity index is 1870. The Morgan fingerprint density at radius 1 is 0.860 bits per heavy atom. The van der Waals surface area contributed by atoms with E-state index in [2.05, 4.69) is 5.32 Å². The molecular formula is C35H25ClN2O5. The molecule has 1 N–H and O–H groups in total. The van der Waals surface area contributed by atoms with Crippen molar-refractivity contribution in [3.63, 3.8) is 0 Å². The number of halogens is 1. The van der Waals surface area contributed by atoms with Gasteiger partial charge in [0.2, 0.25) is 5.91 Å². The molecule has 7 nitrogen and oxygen atoms in total. The Morgan fingerprint density at radius 3 is 2.33 bits per heavy atom. The maximum atomic E-state index is 14.8. The molecule has 1 spiro atoms. The number of nitrogens with one attached hydrogen (secondary N) is 1. The van der Waals surface area contributed by atoms with E-state index >= 15 is 0 Å². The lowest BCUT2D eigenvalue weighted by molar-refractivity contribution is -0.131. The third-order valence-electron chi connectivity index (χ3n) is 8.63. The zero-order chi connectivity index (χ0) is 29.9. The van der Waals surface area contributed by atoms with Crippen LogP contribution in [0.3, 0.4) is 0 Å². The van der Waals surface area contributed by atoms with Crippen LogP contribution in [-0.2, 0) is 15.0 Å². The van der Waals surface area contributed by atoms with Crippen molar-refractivity contribution in [2.75, 3.05) is 10.2 Å². The van der Waals surface area contributed by atoms with Crippen molar-refractivity contribution in [1.82, 2.24) is 0 Å². The van der Waals surface area contributed by atoms with Crippen LogP contribution >= 0.6 is 11.6 Å². The third-order valence-corrected chi connectivity index (χ3v) is 8.96. The van der Waals surface area contributed by atoms with Gasteiger partial charge in [-0.1, -0.05) is 72.3 Å². The highest BCUT2D eigenvalue weighted by atomic mass is 35.5. The first-order valence-corrected chi connectivity index (χ1v) is 14.3. The number of anilines is 2. The largest absolute Gasteiger partial charge is 0.427 e. The molecule has 0 unspecified atom stereocenters. The van der Waals surface area contributed by atoms with Crippen LogP contribution in [-0.4, -0.2) is 35.5 Å². The van der Waals surface area contributed by atoms with Crippen LogP contribution in [0.4, 0.5) is 11.4 Å². The number of carbonyl (C=O) groups excluding carboxylic acids is 4. The zero-order valence-corrected chi connectivity index (χ0v) is 23.7. The third kappa shape index (κ3) is 3.96. The minimum absolute atomic E-state index is 0.242. The van der Waals surface area contributed by atoms with Crippen molar-refractivity contribution in [1.29, 1.82) is 0 Å². The molecule has 3 aliphatic rings. The number of fused-ring (bicyclic) bond motifs is 6. The van der Waals surface area contributed by atoms with Gasteiger partial charge in [-0.05, 0) is 59.7 Å². The molecule has 0 radical (unpaired) electrons. The molecule has 4 aromatic rings. The van der Waals surface area contributed by atoms with Crippen molar-refractivity contribution >= 4 is 52.5 Å². The molecule has 3 heterocycles. The highest BCUT2D eigenvalue weighted by Crippen LogP contribution is 2.58. The smallest absolute Gasteiger partial charge is 0.308 e. The lowest BCUT2D eigenvalue weighted by Gasteiger charge is -2.37. The number of hydrogen-bond donors (Lipinski definition) is 1. The van der Waals surface area contributed by atoms with E-state index in [0.717, 1.165) is 11.3 Å². The van der Waals surface area contributed by atoms with Crippen LogP contribution in [0.1, 0.15) is 38.8 Å². The first-order chi connectivity index (χ1) is 20.8. The fraction of sp³-hybridized carbons (Fsp3) is 0.143. The summed E-state index contributed by atoms with van der Waals surface area (Å²) < 4.78 is 5.17. The van der Waals surface area contributed by atoms with E-state index in [1.807, 2.05) is 65.6 Å². The fourth-order valence-electron chi connectivity index (χ4n) is 6.97. The van der Waals surface area contributed by atoms with Crippen molar-refractivity contribution < 1.29 is 23.9 Å². The predicted octanol–water partition coefficient (Wildman–Crippen LogP) is 6.12. The fourth-order valence-corrected chi connectivity index (χ4v) is 7.20. The maximum absolute atomic E-state index is 14.8. The summed E-state index contributed by atoms with van der Waals surface area (Å²) >= 11 is 6.59. The summed E-state index contributed by atoms with van der Waals surface area (Å²) in [5.74, 6) is -2.41. The van der Waals surface area contributed by atoms with Gasteiger partial charge in [0.25, 0.3) is 0 Å². The van der Waals surface area contributed by atoms with Crippen molar-refractivity contribution in [3.8, 4) is 5.75 Å². The van der Waals surface area contributed by atoms with Crippen LogP contribution in [0.15, 0.2) is 103 Å². The van der Waals surface area contributed by atoms with Gasteiger partial charge in [-0.2, -0.15) is 0 Å². The standard InChI is InChI=1S/C35H25ClN2O5/c1-20(39)43-23-17-14-22(15-18-23)32(40)31-30(33(41)24-9-3-5-11-26(24)36)35(25-10-4-6-12-27(25)37-34(35)42)29-19-16-21-8-2-7-13-28(21)38(29)31/h2-19,29-31H,1H3,(H,37,42)/t29-,30+,31-,35-/m1/s1. The Hall–Kier alpha value is -5.01. The van der Waals surface area contributed by atoms with Crippen molar-refractivity contribution in [2.24, 2.45) is 5.92 Å². The monoisotopic (exact) mass is 588 g/mol. The van der Waals surface area contributed by atoms with Gasteiger partial charge in [-0.3, -0.25) is 19.2 Å². The van der Waals surface area contributed by atoms with Crippen LogP contribution in [0.5, 0.6) is 5.75 Å². The number of carbonyl (C=O) groups is 4. The summed E-state index contributed by atoms with van der Waals surface area (Å²) in [5.41, 5.74) is 2.00.